The molecule has 1 aromatic rings. The molecule has 0 spiro atoms. The summed E-state index contributed by atoms with van der Waals surface area (Å²) in [5.41, 5.74) is -3.49. The molecule has 0 saturated carbocycles. The average Bonchev–Trinajstić information content (AvgIpc) is 2.45. The van der Waals surface area contributed by atoms with Crippen molar-refractivity contribution in [2.75, 3.05) is 19.0 Å². The van der Waals surface area contributed by atoms with Crippen LogP contribution in [0, 0.1) is 0 Å². The molecule has 1 rings (SSSR count). The number of esters is 1. The van der Waals surface area contributed by atoms with E-state index in [9.17, 15) is 22.8 Å². The zero-order valence-corrected chi connectivity index (χ0v) is 11.8. The van der Waals surface area contributed by atoms with Crippen LogP contribution in [0.3, 0.4) is 0 Å². The number of amides is 1. The number of alkyl carbamates (subject to hydrolysis) is 1. The van der Waals surface area contributed by atoms with Gasteiger partial charge in [0.25, 0.3) is 5.82 Å². The molecule has 0 aromatic carbocycles. The Morgan fingerprint density at radius 1 is 1.32 bits per heavy atom. The van der Waals surface area contributed by atoms with Gasteiger partial charge in [0.15, 0.2) is 0 Å². The number of nitrogens with one attached hydrogen (secondary N) is 3. The maximum atomic E-state index is 13.5. The summed E-state index contributed by atoms with van der Waals surface area (Å²) in [6.45, 7) is 1.24. The van der Waals surface area contributed by atoms with Crippen LogP contribution < -0.4 is 15.6 Å². The van der Waals surface area contributed by atoms with Gasteiger partial charge < -0.3 is 9.47 Å². The summed E-state index contributed by atoms with van der Waals surface area (Å²) < 4.78 is 49.0. The van der Waals surface area contributed by atoms with E-state index in [2.05, 4.69) is 14.5 Å². The predicted molar refractivity (Wildman–Crippen MR) is 67.6 cm³/mol. The second-order valence-corrected chi connectivity index (χ2v) is 3.99. The minimum atomic E-state index is -5.20. The number of H-pyrrole nitrogens is 1. The molecule has 0 aliphatic rings. The van der Waals surface area contributed by atoms with Crippen molar-refractivity contribution in [1.29, 1.82) is 0 Å². The van der Waals surface area contributed by atoms with Crippen molar-refractivity contribution in [2.45, 2.75) is 18.8 Å². The van der Waals surface area contributed by atoms with Crippen molar-refractivity contribution in [3.8, 4) is 0 Å². The van der Waals surface area contributed by atoms with Crippen molar-refractivity contribution in [2.24, 2.45) is 0 Å². The highest BCUT2D eigenvalue weighted by Gasteiger charge is 2.68. The highest BCUT2D eigenvalue weighted by atomic mass is 19.4. The number of alkyl halides is 3. The Labute approximate surface area is 123 Å². The lowest BCUT2D eigenvalue weighted by molar-refractivity contribution is -0.363. The van der Waals surface area contributed by atoms with Crippen molar-refractivity contribution in [3.63, 3.8) is 0 Å². The number of hydrogen-bond donors (Lipinski definition) is 2. The number of aromatic amines is 1. The van der Waals surface area contributed by atoms with E-state index in [4.69, 9.17) is 0 Å². The third-order valence-corrected chi connectivity index (χ3v) is 2.51. The van der Waals surface area contributed by atoms with Gasteiger partial charge in [-0.3, -0.25) is 5.32 Å². The van der Waals surface area contributed by atoms with Gasteiger partial charge in [0.1, 0.15) is 0 Å². The molecule has 22 heavy (non-hydrogen) atoms. The molecule has 0 aliphatic heterocycles. The Morgan fingerprint density at radius 3 is 2.45 bits per heavy atom. The molecule has 1 heterocycles. The van der Waals surface area contributed by atoms with Crippen LogP contribution in [0.5, 0.6) is 0 Å². The average molecular weight is 322 g/mol. The molecule has 1 aromatic heterocycles. The number of methoxy groups -OCH3 is 1. The normalized spacial score (nSPS) is 13.7. The van der Waals surface area contributed by atoms with Crippen LogP contribution in [0.1, 0.15) is 6.92 Å². The van der Waals surface area contributed by atoms with E-state index in [-0.39, 0.29) is 12.4 Å². The molecule has 0 fully saturated rings. The number of carbonyl (C=O) groups excluding carboxylic acids is 2. The lowest BCUT2D eigenvalue weighted by Crippen LogP contribution is -2.69. The molecule has 0 aliphatic carbocycles. The first kappa shape index (κ1) is 17.5. The van der Waals surface area contributed by atoms with E-state index in [0.717, 1.165) is 7.11 Å². The minimum Gasteiger partial charge on any atom is -0.464 e. The summed E-state index contributed by atoms with van der Waals surface area (Å²) in [5.74, 6) is -1.91. The van der Waals surface area contributed by atoms with Gasteiger partial charge in [-0.2, -0.15) is 13.2 Å². The van der Waals surface area contributed by atoms with Crippen LogP contribution in [0.4, 0.5) is 23.8 Å². The van der Waals surface area contributed by atoms with E-state index < -0.39 is 23.9 Å². The fourth-order valence-electron chi connectivity index (χ4n) is 1.54. The van der Waals surface area contributed by atoms with E-state index in [1.54, 1.807) is 0 Å². The van der Waals surface area contributed by atoms with E-state index >= 15 is 0 Å². The summed E-state index contributed by atoms with van der Waals surface area (Å²) >= 11 is 0. The summed E-state index contributed by atoms with van der Waals surface area (Å²) in [7, 11) is 0.770. The van der Waals surface area contributed by atoms with Gasteiger partial charge in [-0.05, 0) is 13.0 Å². The third-order valence-electron chi connectivity index (χ3n) is 2.51. The molecule has 7 nitrogen and oxygen atoms in total. The minimum absolute atomic E-state index is 0.165. The highest BCUT2D eigenvalue weighted by Crippen LogP contribution is 2.32. The summed E-state index contributed by atoms with van der Waals surface area (Å²) in [6, 6.07) is 4.20. The van der Waals surface area contributed by atoms with Crippen molar-refractivity contribution >= 4 is 17.9 Å². The fourth-order valence-corrected chi connectivity index (χ4v) is 1.54. The Balaban J connectivity index is 3.26. The Morgan fingerprint density at radius 2 is 2.00 bits per heavy atom. The van der Waals surface area contributed by atoms with Crippen LogP contribution in [0.15, 0.2) is 24.4 Å². The lowest BCUT2D eigenvalue weighted by Gasteiger charge is -2.29. The molecular weight excluding hydrogens is 307 g/mol. The summed E-state index contributed by atoms with van der Waals surface area (Å²) in [4.78, 5) is 25.6. The molecule has 0 unspecified atom stereocenters. The lowest BCUT2D eigenvalue weighted by atomic mass is 10.1. The van der Waals surface area contributed by atoms with Crippen LogP contribution in [0.2, 0.25) is 0 Å². The van der Waals surface area contributed by atoms with Gasteiger partial charge in [-0.1, -0.05) is 6.07 Å². The van der Waals surface area contributed by atoms with Gasteiger partial charge >= 0.3 is 23.9 Å². The monoisotopic (exact) mass is 322 g/mol. The van der Waals surface area contributed by atoms with Gasteiger partial charge in [0.05, 0.1) is 19.9 Å². The largest absolute Gasteiger partial charge is 0.464 e. The Hall–Kier alpha value is -2.52. The van der Waals surface area contributed by atoms with Crippen molar-refractivity contribution in [1.82, 2.24) is 5.32 Å². The van der Waals surface area contributed by atoms with E-state index in [1.807, 2.05) is 5.32 Å². The first-order valence-corrected chi connectivity index (χ1v) is 6.11. The number of ether oxygens (including phenoxy) is 2. The predicted octanol–water partition coefficient (Wildman–Crippen LogP) is 1.09. The second kappa shape index (κ2) is 6.96. The Kier molecular flexibility index (Phi) is 5.55. The van der Waals surface area contributed by atoms with Crippen LogP contribution in [-0.4, -0.2) is 37.6 Å². The van der Waals surface area contributed by atoms with Crippen LogP contribution in [0.25, 0.3) is 0 Å². The number of hydrogen-bond acceptors (Lipinski definition) is 5. The van der Waals surface area contributed by atoms with Gasteiger partial charge in [-0.15, -0.1) is 0 Å². The zero-order valence-electron chi connectivity index (χ0n) is 11.8. The zero-order chi connectivity index (χ0) is 16.8. The molecule has 122 valence electrons. The van der Waals surface area contributed by atoms with Crippen molar-refractivity contribution in [3.05, 3.63) is 24.4 Å². The maximum absolute atomic E-state index is 13.5. The molecule has 1 amide bonds. The molecule has 0 saturated heterocycles. The smallest absolute Gasteiger partial charge is 0.464 e. The third kappa shape index (κ3) is 3.77. The quantitative estimate of drug-likeness (QED) is 0.625. The molecule has 10 heteroatoms. The molecule has 0 radical (unpaired) electrons. The van der Waals surface area contributed by atoms with Crippen LogP contribution in [-0.2, 0) is 14.3 Å². The number of pyridine rings is 1. The topological polar surface area (TPSA) is 90.8 Å². The molecule has 3 N–H and O–H groups in total. The van der Waals surface area contributed by atoms with Gasteiger partial charge in [-0.25, -0.2) is 19.9 Å². The number of carbonyl (C=O) groups is 2. The van der Waals surface area contributed by atoms with E-state index in [1.165, 1.54) is 36.6 Å². The Bertz CT molecular complexity index is 524. The summed E-state index contributed by atoms with van der Waals surface area (Å²) in [6.07, 6.45) is -5.28. The number of anilines is 1. The first-order chi connectivity index (χ1) is 10.3. The SMILES string of the molecule is CCOC(=O)N[C@](Nc1cccc[nH+]1)(C(=O)OC)C(F)(F)F. The maximum Gasteiger partial charge on any atom is 0.464 e. The number of halogens is 3. The van der Waals surface area contributed by atoms with E-state index in [0.29, 0.717) is 0 Å². The first-order valence-electron chi connectivity index (χ1n) is 6.11. The highest BCUT2D eigenvalue weighted by molar-refractivity contribution is 5.89. The standard InChI is InChI=1S/C12H14F3N3O4/c1-3-22-10(20)18-11(9(19)21-2,12(13,14)15)17-8-6-4-5-7-16-8/h4-7H,3H2,1-2H3,(H,16,17)(H,18,20)/p+1/t11-/m1/s1. The second-order valence-electron chi connectivity index (χ2n) is 3.99. The van der Waals surface area contributed by atoms with Gasteiger partial charge in [0, 0.05) is 6.07 Å². The summed E-state index contributed by atoms with van der Waals surface area (Å²) in [5, 5.41) is 3.38. The fraction of sp³-hybridized carbons (Fsp3) is 0.417. The number of rotatable bonds is 5. The molecule has 0 bridgehead atoms. The van der Waals surface area contributed by atoms with Gasteiger partial charge in [0.2, 0.25) is 0 Å². The molecular formula is C12H15F3N3O4+. The van der Waals surface area contributed by atoms with Crippen molar-refractivity contribution < 1.29 is 37.2 Å². The number of aromatic nitrogens is 1. The van der Waals surface area contributed by atoms with Crippen LogP contribution >= 0.6 is 0 Å². The molecule has 1 atom stereocenters.